The average molecular weight is 601 g/mol. The maximum Gasteiger partial charge on any atom is 0.251 e. The van der Waals surface area contributed by atoms with E-state index in [2.05, 4.69) is 37.7 Å². The van der Waals surface area contributed by atoms with Crippen LogP contribution in [0.25, 0.3) is 0 Å². The van der Waals surface area contributed by atoms with Crippen LogP contribution in [0.3, 0.4) is 0 Å². The van der Waals surface area contributed by atoms with E-state index in [1.807, 2.05) is 54.6 Å². The average Bonchev–Trinajstić information content (AvgIpc) is 3.03. The van der Waals surface area contributed by atoms with Crippen LogP contribution in [-0.4, -0.2) is 69.5 Å². The first-order chi connectivity index (χ1) is 20.6. The number of nitrogens with zero attached hydrogens (tertiary/aromatic N) is 3. The zero-order chi connectivity index (χ0) is 31.0. The van der Waals surface area contributed by atoms with Gasteiger partial charge in [-0.15, -0.1) is 0 Å². The third-order valence-electron chi connectivity index (χ3n) is 7.52. The van der Waals surface area contributed by atoms with Gasteiger partial charge in [0, 0.05) is 41.7 Å². The third-order valence-corrected chi connectivity index (χ3v) is 8.54. The fourth-order valence-corrected chi connectivity index (χ4v) is 6.21. The third kappa shape index (κ3) is 7.91. The Morgan fingerprint density at radius 2 is 1.84 bits per heavy atom. The molecule has 1 aliphatic rings. The number of carbonyl (C=O) groups excluding carboxylic acids is 3. The minimum atomic E-state index is -1.11. The highest BCUT2D eigenvalue weighted by Gasteiger charge is 2.41. The number of benzene rings is 2. The number of aliphatic hydroxyl groups excluding tert-OH is 1. The number of aliphatic hydroxyl groups is 1. The topological polar surface area (TPSA) is 103 Å². The zero-order valence-corrected chi connectivity index (χ0v) is 25.8. The molecule has 0 spiro atoms. The summed E-state index contributed by atoms with van der Waals surface area (Å²) in [6.07, 6.45) is 4.82. The Labute approximate surface area is 258 Å². The molecular weight excluding hydrogens is 560 g/mol. The van der Waals surface area contributed by atoms with Gasteiger partial charge in [-0.05, 0) is 47.2 Å². The smallest absolute Gasteiger partial charge is 0.251 e. The Kier molecular flexibility index (Phi) is 10.8. The second-order valence-electron chi connectivity index (χ2n) is 11.6. The van der Waals surface area contributed by atoms with Gasteiger partial charge in [-0.3, -0.25) is 24.3 Å². The summed E-state index contributed by atoms with van der Waals surface area (Å²) < 4.78 is 0. The summed E-state index contributed by atoms with van der Waals surface area (Å²) >= 11 is 1.59. The Bertz CT molecular complexity index is 1390. The van der Waals surface area contributed by atoms with Crippen LogP contribution < -0.4 is 10.2 Å². The molecule has 9 heteroatoms. The molecule has 43 heavy (non-hydrogen) atoms. The van der Waals surface area contributed by atoms with E-state index in [4.69, 9.17) is 0 Å². The van der Waals surface area contributed by atoms with Gasteiger partial charge < -0.3 is 15.3 Å². The van der Waals surface area contributed by atoms with Gasteiger partial charge in [0.15, 0.2) is 0 Å². The molecule has 1 aliphatic heterocycles. The number of hydrogen-bond donors (Lipinski definition) is 2. The van der Waals surface area contributed by atoms with Crippen LogP contribution in [0.5, 0.6) is 0 Å². The first-order valence-corrected chi connectivity index (χ1v) is 15.6. The van der Waals surface area contributed by atoms with E-state index in [9.17, 15) is 19.5 Å². The largest absolute Gasteiger partial charge is 0.394 e. The van der Waals surface area contributed by atoms with Crippen LogP contribution in [0.4, 0.5) is 5.69 Å². The Morgan fingerprint density at radius 1 is 1.12 bits per heavy atom. The molecule has 1 aromatic heterocycles. The Morgan fingerprint density at radius 3 is 2.44 bits per heavy atom. The molecule has 4 rings (SSSR count). The van der Waals surface area contributed by atoms with Gasteiger partial charge in [-0.1, -0.05) is 75.9 Å². The van der Waals surface area contributed by atoms with Crippen LogP contribution >= 0.6 is 11.8 Å². The number of thioether (sulfide) groups is 1. The lowest BCUT2D eigenvalue weighted by molar-refractivity contribution is -0.136. The van der Waals surface area contributed by atoms with Crippen molar-refractivity contribution in [2.75, 3.05) is 29.6 Å². The SMILES string of the molecule is C=CC(=O)N1CCSCC1C(=O)N(c1ccc(C(C)(C)C)cc1)C(C(=O)NC(CO)Cc1ccccc1)c1cccnc1. The molecule has 1 saturated heterocycles. The molecule has 1 fully saturated rings. The normalized spacial score (nSPS) is 16.6. The first-order valence-electron chi connectivity index (χ1n) is 14.4. The number of hydrogen-bond acceptors (Lipinski definition) is 6. The fraction of sp³-hybridized carbons (Fsp3) is 0.353. The predicted molar refractivity (Wildman–Crippen MR) is 172 cm³/mol. The molecule has 2 heterocycles. The van der Waals surface area contributed by atoms with Gasteiger partial charge in [0.2, 0.25) is 11.8 Å². The van der Waals surface area contributed by atoms with Crippen LogP contribution in [-0.2, 0) is 26.2 Å². The Balaban J connectivity index is 1.79. The standard InChI is InChI=1S/C34H40N4O4S/c1-5-30(40)37-18-19-43-23-29(37)33(42)38(28-15-13-26(14-16-28)34(2,3)4)31(25-12-9-17-35-21-25)32(41)36-27(22-39)20-24-10-7-6-8-11-24/h5-17,21,27,29,31,39H,1,18-20,22-23H2,2-4H3,(H,36,41). The number of rotatable bonds is 10. The summed E-state index contributed by atoms with van der Waals surface area (Å²) in [5.41, 5.74) is 2.95. The quantitative estimate of drug-likeness (QED) is 0.337. The minimum Gasteiger partial charge on any atom is -0.394 e. The summed E-state index contributed by atoms with van der Waals surface area (Å²) in [4.78, 5) is 49.0. The summed E-state index contributed by atoms with van der Waals surface area (Å²) in [7, 11) is 0. The molecule has 3 unspecified atom stereocenters. The lowest BCUT2D eigenvalue weighted by Gasteiger charge is -2.40. The number of carbonyl (C=O) groups is 3. The van der Waals surface area contributed by atoms with Gasteiger partial charge in [-0.25, -0.2) is 0 Å². The molecule has 3 atom stereocenters. The summed E-state index contributed by atoms with van der Waals surface area (Å²) in [5.74, 6) is -0.0654. The van der Waals surface area contributed by atoms with E-state index < -0.39 is 24.0 Å². The summed E-state index contributed by atoms with van der Waals surface area (Å²) in [5, 5.41) is 13.2. The number of nitrogens with one attached hydrogen (secondary N) is 1. The van der Waals surface area contributed by atoms with Gasteiger partial charge in [0.25, 0.3) is 5.91 Å². The van der Waals surface area contributed by atoms with Crippen LogP contribution in [0.1, 0.15) is 43.5 Å². The zero-order valence-electron chi connectivity index (χ0n) is 25.0. The number of aromatic nitrogens is 1. The summed E-state index contributed by atoms with van der Waals surface area (Å²) in [6, 6.07) is 18.2. The maximum absolute atomic E-state index is 14.6. The first kappa shape index (κ1) is 32.0. The second kappa shape index (κ2) is 14.5. The van der Waals surface area contributed by atoms with E-state index in [1.54, 1.807) is 36.3 Å². The van der Waals surface area contributed by atoms with Gasteiger partial charge in [0.05, 0.1) is 12.6 Å². The number of amides is 3. The molecule has 226 valence electrons. The van der Waals surface area contributed by atoms with E-state index in [0.717, 1.165) is 11.1 Å². The van der Waals surface area contributed by atoms with Crippen molar-refractivity contribution >= 4 is 35.2 Å². The Hall–Kier alpha value is -3.95. The van der Waals surface area contributed by atoms with Crippen LogP contribution in [0.2, 0.25) is 0 Å². The van der Waals surface area contributed by atoms with Crippen molar-refractivity contribution in [3.63, 3.8) is 0 Å². The second-order valence-corrected chi connectivity index (χ2v) is 12.7. The molecule has 0 bridgehead atoms. The van der Waals surface area contributed by atoms with Crippen molar-refractivity contribution in [2.24, 2.45) is 0 Å². The number of pyridine rings is 1. The highest BCUT2D eigenvalue weighted by molar-refractivity contribution is 7.99. The number of anilines is 1. The van der Waals surface area contributed by atoms with Crippen LogP contribution in [0, 0.1) is 0 Å². The maximum atomic E-state index is 14.6. The molecule has 2 aromatic carbocycles. The fourth-order valence-electron chi connectivity index (χ4n) is 5.17. The molecule has 0 radical (unpaired) electrons. The van der Waals surface area contributed by atoms with E-state index in [-0.39, 0.29) is 23.8 Å². The minimum absolute atomic E-state index is 0.119. The highest BCUT2D eigenvalue weighted by atomic mass is 32.2. The van der Waals surface area contributed by atoms with E-state index >= 15 is 0 Å². The molecule has 0 aliphatic carbocycles. The van der Waals surface area contributed by atoms with Crippen molar-refractivity contribution in [3.8, 4) is 0 Å². The molecule has 3 amide bonds. The van der Waals surface area contributed by atoms with Crippen molar-refractivity contribution in [2.45, 2.75) is 50.7 Å². The van der Waals surface area contributed by atoms with Crippen molar-refractivity contribution in [3.05, 3.63) is 108 Å². The van der Waals surface area contributed by atoms with Gasteiger partial charge in [0.1, 0.15) is 12.1 Å². The molecule has 2 N–H and O–H groups in total. The van der Waals surface area contributed by atoms with Gasteiger partial charge in [-0.2, -0.15) is 11.8 Å². The molecular formula is C34H40N4O4S. The van der Waals surface area contributed by atoms with Crippen LogP contribution in [0.15, 0.2) is 91.8 Å². The predicted octanol–water partition coefficient (Wildman–Crippen LogP) is 4.30. The van der Waals surface area contributed by atoms with E-state index in [0.29, 0.717) is 35.7 Å². The molecule has 3 aromatic rings. The van der Waals surface area contributed by atoms with Crippen molar-refractivity contribution in [1.29, 1.82) is 0 Å². The van der Waals surface area contributed by atoms with E-state index in [1.165, 1.54) is 15.9 Å². The highest BCUT2D eigenvalue weighted by Crippen LogP contribution is 2.33. The lowest BCUT2D eigenvalue weighted by Crippen LogP contribution is -2.57. The molecule has 8 nitrogen and oxygen atoms in total. The lowest BCUT2D eigenvalue weighted by atomic mass is 9.87. The summed E-state index contributed by atoms with van der Waals surface area (Å²) in [6.45, 7) is 10.1. The van der Waals surface area contributed by atoms with Crippen molar-refractivity contribution in [1.82, 2.24) is 15.2 Å². The molecule has 0 saturated carbocycles. The van der Waals surface area contributed by atoms with Crippen molar-refractivity contribution < 1.29 is 19.5 Å². The monoisotopic (exact) mass is 600 g/mol. The van der Waals surface area contributed by atoms with Gasteiger partial charge >= 0.3 is 0 Å².